The van der Waals surface area contributed by atoms with Crippen LogP contribution >= 0.6 is 0 Å². The van der Waals surface area contributed by atoms with Crippen molar-refractivity contribution < 1.29 is 9.47 Å². The standard InChI is InChI=1S/C14H12N2O2/c1-2-17-13-5-3-4-6-14(13)18-12-7-8-16-11(9-12)10-15/h3-9H,2H2,1H3. The Morgan fingerprint density at radius 1 is 1.22 bits per heavy atom. The fraction of sp³-hybridized carbons (Fsp3) is 0.143. The normalized spacial score (nSPS) is 9.56. The van der Waals surface area contributed by atoms with Crippen LogP contribution in [0.2, 0.25) is 0 Å². The number of para-hydroxylation sites is 2. The van der Waals surface area contributed by atoms with Crippen molar-refractivity contribution in [1.29, 1.82) is 5.26 Å². The molecule has 1 heterocycles. The highest BCUT2D eigenvalue weighted by Crippen LogP contribution is 2.31. The van der Waals surface area contributed by atoms with Gasteiger partial charge in [0.1, 0.15) is 17.5 Å². The van der Waals surface area contributed by atoms with Gasteiger partial charge >= 0.3 is 0 Å². The minimum atomic E-state index is 0.321. The molecular weight excluding hydrogens is 228 g/mol. The molecule has 0 aliphatic carbocycles. The van der Waals surface area contributed by atoms with E-state index in [2.05, 4.69) is 4.98 Å². The molecule has 0 aliphatic heterocycles. The van der Waals surface area contributed by atoms with Crippen LogP contribution < -0.4 is 9.47 Å². The minimum Gasteiger partial charge on any atom is -0.490 e. The van der Waals surface area contributed by atoms with Gasteiger partial charge in [0.05, 0.1) is 6.61 Å². The van der Waals surface area contributed by atoms with Crippen molar-refractivity contribution in [1.82, 2.24) is 4.98 Å². The van der Waals surface area contributed by atoms with Gasteiger partial charge in [-0.25, -0.2) is 4.98 Å². The Kier molecular flexibility index (Phi) is 3.77. The fourth-order valence-corrected chi connectivity index (χ4v) is 1.47. The van der Waals surface area contributed by atoms with Gasteiger partial charge in [-0.1, -0.05) is 12.1 Å². The number of pyridine rings is 1. The Morgan fingerprint density at radius 3 is 2.72 bits per heavy atom. The molecule has 2 aromatic rings. The average molecular weight is 240 g/mol. The predicted octanol–water partition coefficient (Wildman–Crippen LogP) is 3.14. The first-order valence-electron chi connectivity index (χ1n) is 5.59. The Morgan fingerprint density at radius 2 is 2.00 bits per heavy atom. The summed E-state index contributed by atoms with van der Waals surface area (Å²) in [6.07, 6.45) is 1.54. The third-order valence-corrected chi connectivity index (χ3v) is 2.22. The number of rotatable bonds is 4. The summed E-state index contributed by atoms with van der Waals surface area (Å²) in [4.78, 5) is 3.89. The van der Waals surface area contributed by atoms with Gasteiger partial charge in [-0.15, -0.1) is 0 Å². The molecule has 2 rings (SSSR count). The van der Waals surface area contributed by atoms with Crippen molar-refractivity contribution in [3.05, 3.63) is 48.3 Å². The van der Waals surface area contributed by atoms with Gasteiger partial charge in [-0.05, 0) is 25.1 Å². The average Bonchev–Trinajstić information content (AvgIpc) is 2.41. The van der Waals surface area contributed by atoms with Crippen LogP contribution in [0.15, 0.2) is 42.6 Å². The largest absolute Gasteiger partial charge is 0.490 e. The highest BCUT2D eigenvalue weighted by molar-refractivity contribution is 5.43. The van der Waals surface area contributed by atoms with Crippen LogP contribution in [0.5, 0.6) is 17.2 Å². The van der Waals surface area contributed by atoms with E-state index in [9.17, 15) is 0 Å². The highest BCUT2D eigenvalue weighted by Gasteiger charge is 2.05. The van der Waals surface area contributed by atoms with Gasteiger partial charge in [0.25, 0.3) is 0 Å². The molecule has 0 fully saturated rings. The van der Waals surface area contributed by atoms with E-state index in [1.54, 1.807) is 12.1 Å². The van der Waals surface area contributed by atoms with Gasteiger partial charge in [0.2, 0.25) is 0 Å². The summed E-state index contributed by atoms with van der Waals surface area (Å²) in [5.74, 6) is 1.86. The van der Waals surface area contributed by atoms with Crippen LogP contribution in [0.25, 0.3) is 0 Å². The number of aromatic nitrogens is 1. The molecule has 4 heteroatoms. The number of hydrogen-bond donors (Lipinski definition) is 0. The summed E-state index contributed by atoms with van der Waals surface area (Å²) in [6.45, 7) is 2.48. The Bertz CT molecular complexity index is 576. The van der Waals surface area contributed by atoms with Gasteiger partial charge in [0.15, 0.2) is 11.5 Å². The summed E-state index contributed by atoms with van der Waals surface area (Å²) in [5, 5.41) is 8.77. The van der Waals surface area contributed by atoms with E-state index in [1.165, 1.54) is 6.20 Å². The Balaban J connectivity index is 2.25. The maximum atomic E-state index is 8.77. The van der Waals surface area contributed by atoms with Crippen LogP contribution in [-0.4, -0.2) is 11.6 Å². The van der Waals surface area contributed by atoms with Gasteiger partial charge in [-0.3, -0.25) is 0 Å². The predicted molar refractivity (Wildman–Crippen MR) is 66.6 cm³/mol. The van der Waals surface area contributed by atoms with Crippen molar-refractivity contribution in [2.45, 2.75) is 6.92 Å². The monoisotopic (exact) mass is 240 g/mol. The molecule has 4 nitrogen and oxygen atoms in total. The van der Waals surface area contributed by atoms with Crippen LogP contribution in [0, 0.1) is 11.3 Å². The van der Waals surface area contributed by atoms with Gasteiger partial charge in [0, 0.05) is 12.3 Å². The van der Waals surface area contributed by atoms with E-state index < -0.39 is 0 Å². The second-order valence-corrected chi connectivity index (χ2v) is 3.47. The van der Waals surface area contributed by atoms with Crippen molar-refractivity contribution in [3.8, 4) is 23.3 Å². The summed E-state index contributed by atoms with van der Waals surface area (Å²) < 4.78 is 11.1. The zero-order valence-corrected chi connectivity index (χ0v) is 9.96. The van der Waals surface area contributed by atoms with E-state index in [1.807, 2.05) is 37.3 Å². The van der Waals surface area contributed by atoms with Gasteiger partial charge in [-0.2, -0.15) is 5.26 Å². The summed E-state index contributed by atoms with van der Waals surface area (Å²) in [7, 11) is 0. The van der Waals surface area contributed by atoms with Crippen LogP contribution in [0.4, 0.5) is 0 Å². The number of nitriles is 1. The van der Waals surface area contributed by atoms with E-state index in [0.717, 1.165) is 0 Å². The number of hydrogen-bond acceptors (Lipinski definition) is 4. The lowest BCUT2D eigenvalue weighted by molar-refractivity contribution is 0.321. The molecule has 0 saturated carbocycles. The van der Waals surface area contributed by atoms with E-state index in [-0.39, 0.29) is 0 Å². The first-order valence-corrected chi connectivity index (χ1v) is 5.59. The van der Waals surface area contributed by atoms with Crippen molar-refractivity contribution in [2.24, 2.45) is 0 Å². The van der Waals surface area contributed by atoms with Crippen molar-refractivity contribution >= 4 is 0 Å². The number of ether oxygens (including phenoxy) is 2. The number of benzene rings is 1. The lowest BCUT2D eigenvalue weighted by Crippen LogP contribution is -1.95. The first kappa shape index (κ1) is 11.9. The molecule has 1 aromatic heterocycles. The van der Waals surface area contributed by atoms with Crippen LogP contribution in [-0.2, 0) is 0 Å². The van der Waals surface area contributed by atoms with E-state index >= 15 is 0 Å². The first-order chi connectivity index (χ1) is 8.83. The smallest absolute Gasteiger partial charge is 0.169 e. The van der Waals surface area contributed by atoms with Crippen LogP contribution in [0.3, 0.4) is 0 Å². The van der Waals surface area contributed by atoms with E-state index in [4.69, 9.17) is 14.7 Å². The quantitative estimate of drug-likeness (QED) is 0.823. The number of nitrogens with zero attached hydrogens (tertiary/aromatic N) is 2. The second-order valence-electron chi connectivity index (χ2n) is 3.47. The zero-order chi connectivity index (χ0) is 12.8. The molecular formula is C14H12N2O2. The Hall–Kier alpha value is -2.54. The molecule has 0 radical (unpaired) electrons. The maximum absolute atomic E-state index is 8.77. The summed E-state index contributed by atoms with van der Waals surface area (Å²) in [6, 6.07) is 12.7. The molecule has 0 amide bonds. The maximum Gasteiger partial charge on any atom is 0.169 e. The van der Waals surface area contributed by atoms with E-state index in [0.29, 0.717) is 29.5 Å². The molecule has 0 unspecified atom stereocenters. The molecule has 0 bridgehead atoms. The zero-order valence-electron chi connectivity index (χ0n) is 9.96. The third kappa shape index (κ3) is 2.77. The molecule has 0 aliphatic rings. The molecule has 90 valence electrons. The summed E-state index contributed by atoms with van der Waals surface area (Å²) >= 11 is 0. The van der Waals surface area contributed by atoms with Gasteiger partial charge < -0.3 is 9.47 Å². The molecule has 0 atom stereocenters. The SMILES string of the molecule is CCOc1ccccc1Oc1ccnc(C#N)c1. The van der Waals surface area contributed by atoms with Crippen LogP contribution in [0.1, 0.15) is 12.6 Å². The third-order valence-electron chi connectivity index (χ3n) is 2.22. The lowest BCUT2D eigenvalue weighted by Gasteiger charge is -2.10. The fourth-order valence-electron chi connectivity index (χ4n) is 1.47. The summed E-state index contributed by atoms with van der Waals surface area (Å²) in [5.41, 5.74) is 0.321. The van der Waals surface area contributed by atoms with Crippen molar-refractivity contribution in [3.63, 3.8) is 0 Å². The molecule has 0 N–H and O–H groups in total. The lowest BCUT2D eigenvalue weighted by atomic mass is 10.3. The topological polar surface area (TPSA) is 55.1 Å². The van der Waals surface area contributed by atoms with Crippen molar-refractivity contribution in [2.75, 3.05) is 6.61 Å². The molecule has 0 saturated heterocycles. The minimum absolute atomic E-state index is 0.321. The second kappa shape index (κ2) is 5.69. The Labute approximate surface area is 105 Å². The molecule has 1 aromatic carbocycles. The highest BCUT2D eigenvalue weighted by atomic mass is 16.5. The molecule has 0 spiro atoms. The molecule has 18 heavy (non-hydrogen) atoms.